The molecule has 1 aromatic carbocycles. The van der Waals surface area contributed by atoms with Crippen molar-refractivity contribution in [1.82, 2.24) is 0 Å². The molecule has 2 amide bonds. The molecule has 3 rings (SSSR count). The highest BCUT2D eigenvalue weighted by molar-refractivity contribution is 7.17. The number of thiophene rings is 1. The molecule has 6 heteroatoms. The fraction of sp³-hybridized carbons (Fsp3) is 0.368. The molecule has 2 aromatic rings. The van der Waals surface area contributed by atoms with Crippen molar-refractivity contribution in [2.24, 2.45) is 11.7 Å². The summed E-state index contributed by atoms with van der Waals surface area (Å²) in [6.45, 7) is 4.62. The number of nitrogens with two attached hydrogens (primary N) is 1. The summed E-state index contributed by atoms with van der Waals surface area (Å²) >= 11 is 1.47. The summed E-state index contributed by atoms with van der Waals surface area (Å²) in [7, 11) is 0. The number of amides is 2. The lowest BCUT2D eigenvalue weighted by molar-refractivity contribution is 0.1000. The normalized spacial score (nSPS) is 16.2. The third-order valence-electron chi connectivity index (χ3n) is 4.39. The van der Waals surface area contributed by atoms with Gasteiger partial charge in [-0.2, -0.15) is 0 Å². The number of hydrogen-bond acceptors (Lipinski definition) is 4. The molecule has 1 unspecified atom stereocenters. The predicted molar refractivity (Wildman–Crippen MR) is 99.6 cm³/mol. The molecule has 1 aromatic heterocycles. The van der Waals surface area contributed by atoms with Crippen LogP contribution >= 0.6 is 11.3 Å². The van der Waals surface area contributed by atoms with E-state index in [-0.39, 0.29) is 5.91 Å². The second-order valence-corrected chi connectivity index (χ2v) is 7.44. The largest absolute Gasteiger partial charge is 0.494 e. The summed E-state index contributed by atoms with van der Waals surface area (Å²) in [5.74, 6) is 0.476. The van der Waals surface area contributed by atoms with Gasteiger partial charge in [0.05, 0.1) is 12.2 Å². The van der Waals surface area contributed by atoms with Crippen LogP contribution in [0.5, 0.6) is 5.75 Å². The lowest BCUT2D eigenvalue weighted by Crippen LogP contribution is -2.19. The number of primary amides is 1. The highest BCUT2D eigenvalue weighted by Gasteiger charge is 2.27. The summed E-state index contributed by atoms with van der Waals surface area (Å²) in [5.41, 5.74) is 7.56. The quantitative estimate of drug-likeness (QED) is 0.856. The minimum absolute atomic E-state index is 0.268. The Kier molecular flexibility index (Phi) is 5.08. The van der Waals surface area contributed by atoms with Crippen molar-refractivity contribution in [3.8, 4) is 5.75 Å². The van der Waals surface area contributed by atoms with Gasteiger partial charge in [0, 0.05) is 10.4 Å². The number of anilines is 1. The van der Waals surface area contributed by atoms with E-state index in [1.807, 2.05) is 6.92 Å². The number of nitrogens with one attached hydrogen (secondary N) is 1. The van der Waals surface area contributed by atoms with Gasteiger partial charge in [-0.05, 0) is 55.9 Å². The molecule has 1 heterocycles. The Bertz CT molecular complexity index is 813. The van der Waals surface area contributed by atoms with Crippen LogP contribution in [0.3, 0.4) is 0 Å². The molecule has 3 N–H and O–H groups in total. The third kappa shape index (κ3) is 3.69. The first-order chi connectivity index (χ1) is 12.0. The maximum atomic E-state index is 12.6. The number of carbonyl (C=O) groups is 2. The minimum Gasteiger partial charge on any atom is -0.494 e. The molecule has 0 saturated heterocycles. The zero-order chi connectivity index (χ0) is 18.0. The number of fused-ring (bicyclic) bond motifs is 1. The highest BCUT2D eigenvalue weighted by atomic mass is 32.1. The Morgan fingerprint density at radius 2 is 2.20 bits per heavy atom. The van der Waals surface area contributed by atoms with Crippen LogP contribution in [0.4, 0.5) is 5.00 Å². The SMILES string of the molecule is CCOc1cccc(C(=O)Nc2sc3c(c2C(N)=O)CCC(C)C3)c1. The molecule has 0 radical (unpaired) electrons. The summed E-state index contributed by atoms with van der Waals surface area (Å²) in [6.07, 6.45) is 2.80. The molecule has 1 aliphatic carbocycles. The topological polar surface area (TPSA) is 81.4 Å². The first-order valence-corrected chi connectivity index (χ1v) is 9.29. The zero-order valence-electron chi connectivity index (χ0n) is 14.4. The van der Waals surface area contributed by atoms with E-state index in [2.05, 4.69) is 12.2 Å². The summed E-state index contributed by atoms with van der Waals surface area (Å²) in [5, 5.41) is 3.43. The van der Waals surface area contributed by atoms with Gasteiger partial charge in [-0.25, -0.2) is 0 Å². The fourth-order valence-corrected chi connectivity index (χ4v) is 4.58. The molecule has 5 nitrogen and oxygen atoms in total. The number of carbonyl (C=O) groups excluding carboxylic acids is 2. The average Bonchev–Trinajstić information content (AvgIpc) is 2.92. The predicted octanol–water partition coefficient (Wildman–Crippen LogP) is 3.62. The highest BCUT2D eigenvalue weighted by Crippen LogP contribution is 2.39. The Labute approximate surface area is 151 Å². The number of benzene rings is 1. The van der Waals surface area contributed by atoms with E-state index in [0.717, 1.165) is 29.7 Å². The molecule has 0 spiro atoms. The van der Waals surface area contributed by atoms with E-state index in [0.29, 0.717) is 34.4 Å². The van der Waals surface area contributed by atoms with E-state index in [4.69, 9.17) is 10.5 Å². The third-order valence-corrected chi connectivity index (χ3v) is 5.56. The molecule has 0 fully saturated rings. The van der Waals surface area contributed by atoms with Gasteiger partial charge in [0.2, 0.25) is 0 Å². The van der Waals surface area contributed by atoms with Gasteiger partial charge in [0.25, 0.3) is 11.8 Å². The molecule has 25 heavy (non-hydrogen) atoms. The molecule has 1 aliphatic rings. The Hall–Kier alpha value is -2.34. The van der Waals surface area contributed by atoms with E-state index < -0.39 is 5.91 Å². The van der Waals surface area contributed by atoms with Gasteiger partial charge in [-0.3, -0.25) is 9.59 Å². The molecular weight excluding hydrogens is 336 g/mol. The zero-order valence-corrected chi connectivity index (χ0v) is 15.2. The van der Waals surface area contributed by atoms with Crippen molar-refractivity contribution in [3.05, 3.63) is 45.8 Å². The Balaban J connectivity index is 1.88. The second kappa shape index (κ2) is 7.27. The van der Waals surface area contributed by atoms with Gasteiger partial charge in [-0.1, -0.05) is 13.0 Å². The van der Waals surface area contributed by atoms with Gasteiger partial charge < -0.3 is 15.8 Å². The van der Waals surface area contributed by atoms with Crippen molar-refractivity contribution in [2.45, 2.75) is 33.1 Å². The van der Waals surface area contributed by atoms with Crippen LogP contribution in [0.1, 0.15) is 51.4 Å². The van der Waals surface area contributed by atoms with Crippen molar-refractivity contribution in [2.75, 3.05) is 11.9 Å². The van der Waals surface area contributed by atoms with Gasteiger partial charge in [0.1, 0.15) is 10.8 Å². The van der Waals surface area contributed by atoms with Crippen LogP contribution in [0.15, 0.2) is 24.3 Å². The summed E-state index contributed by atoms with van der Waals surface area (Å²) in [6, 6.07) is 6.99. The van der Waals surface area contributed by atoms with Crippen molar-refractivity contribution in [1.29, 1.82) is 0 Å². The van der Waals surface area contributed by atoms with Crippen molar-refractivity contribution in [3.63, 3.8) is 0 Å². The van der Waals surface area contributed by atoms with E-state index >= 15 is 0 Å². The molecule has 132 valence electrons. The van der Waals surface area contributed by atoms with Crippen LogP contribution in [0.2, 0.25) is 0 Å². The molecule has 0 bridgehead atoms. The minimum atomic E-state index is -0.481. The molecular formula is C19H22N2O3S. The van der Waals surface area contributed by atoms with E-state index in [1.165, 1.54) is 11.3 Å². The van der Waals surface area contributed by atoms with Gasteiger partial charge in [-0.15, -0.1) is 11.3 Å². The second-order valence-electron chi connectivity index (χ2n) is 6.34. The number of rotatable bonds is 5. The Morgan fingerprint density at radius 1 is 1.40 bits per heavy atom. The first-order valence-electron chi connectivity index (χ1n) is 8.48. The lowest BCUT2D eigenvalue weighted by atomic mass is 9.88. The molecule has 1 atom stereocenters. The van der Waals surface area contributed by atoms with Gasteiger partial charge in [0.15, 0.2) is 0 Å². The fourth-order valence-electron chi connectivity index (χ4n) is 3.17. The number of hydrogen-bond donors (Lipinski definition) is 2. The Morgan fingerprint density at radius 3 is 2.92 bits per heavy atom. The molecule has 0 saturated carbocycles. The van der Waals surface area contributed by atoms with E-state index in [1.54, 1.807) is 24.3 Å². The van der Waals surface area contributed by atoms with Crippen molar-refractivity contribution >= 4 is 28.2 Å². The number of ether oxygens (including phenoxy) is 1. The van der Waals surface area contributed by atoms with Crippen LogP contribution in [-0.2, 0) is 12.8 Å². The van der Waals surface area contributed by atoms with E-state index in [9.17, 15) is 9.59 Å². The van der Waals surface area contributed by atoms with Gasteiger partial charge >= 0.3 is 0 Å². The van der Waals surface area contributed by atoms with Crippen LogP contribution in [-0.4, -0.2) is 18.4 Å². The first kappa shape index (κ1) is 17.5. The lowest BCUT2D eigenvalue weighted by Gasteiger charge is -2.18. The summed E-state index contributed by atoms with van der Waals surface area (Å²) < 4.78 is 5.44. The maximum absolute atomic E-state index is 12.6. The van der Waals surface area contributed by atoms with Crippen molar-refractivity contribution < 1.29 is 14.3 Å². The standard InChI is InChI=1S/C19H22N2O3S/c1-3-24-13-6-4-5-12(10-13)18(23)21-19-16(17(20)22)14-8-7-11(2)9-15(14)25-19/h4-6,10-11H,3,7-9H2,1-2H3,(H2,20,22)(H,21,23). The maximum Gasteiger partial charge on any atom is 0.256 e. The molecule has 0 aliphatic heterocycles. The average molecular weight is 358 g/mol. The smallest absolute Gasteiger partial charge is 0.256 e. The monoisotopic (exact) mass is 358 g/mol. The summed E-state index contributed by atoms with van der Waals surface area (Å²) in [4.78, 5) is 25.7. The van der Waals surface area contributed by atoms with Crippen LogP contribution < -0.4 is 15.8 Å². The van der Waals surface area contributed by atoms with Crippen LogP contribution in [0, 0.1) is 5.92 Å². The van der Waals surface area contributed by atoms with Crippen LogP contribution in [0.25, 0.3) is 0 Å².